The second-order valence-electron chi connectivity index (χ2n) is 4.96. The van der Waals surface area contributed by atoms with Crippen molar-refractivity contribution < 1.29 is 4.74 Å². The fourth-order valence-electron chi connectivity index (χ4n) is 2.66. The van der Waals surface area contributed by atoms with Crippen molar-refractivity contribution in [3.63, 3.8) is 0 Å². The van der Waals surface area contributed by atoms with Gasteiger partial charge in [-0.05, 0) is 32.6 Å². The SMILES string of the molecule is CCOCCCC1(C#N)CCCCCCC1. The number of nitrogens with zero attached hydrogens (tertiary/aromatic N) is 1. The van der Waals surface area contributed by atoms with Crippen LogP contribution in [0.5, 0.6) is 0 Å². The molecule has 0 amide bonds. The molecular formula is C14H25NO. The molecule has 0 radical (unpaired) electrons. The lowest BCUT2D eigenvalue weighted by atomic mass is 9.74. The summed E-state index contributed by atoms with van der Waals surface area (Å²) in [4.78, 5) is 0. The molecule has 1 aliphatic rings. The Morgan fingerprint density at radius 3 is 2.31 bits per heavy atom. The molecule has 0 aromatic carbocycles. The van der Waals surface area contributed by atoms with E-state index in [-0.39, 0.29) is 5.41 Å². The van der Waals surface area contributed by atoms with E-state index in [4.69, 9.17) is 4.74 Å². The smallest absolute Gasteiger partial charge is 0.0689 e. The lowest BCUT2D eigenvalue weighted by molar-refractivity contribution is 0.130. The minimum atomic E-state index is -0.0302. The van der Waals surface area contributed by atoms with E-state index in [0.717, 1.165) is 38.9 Å². The average Bonchev–Trinajstić information content (AvgIpc) is 2.27. The highest BCUT2D eigenvalue weighted by Gasteiger charge is 2.29. The molecule has 0 aromatic heterocycles. The van der Waals surface area contributed by atoms with Gasteiger partial charge in [-0.1, -0.05) is 32.1 Å². The molecule has 2 heteroatoms. The van der Waals surface area contributed by atoms with Gasteiger partial charge < -0.3 is 4.74 Å². The highest BCUT2D eigenvalue weighted by Crippen LogP contribution is 2.37. The highest BCUT2D eigenvalue weighted by molar-refractivity contribution is 4.99. The normalized spacial score (nSPS) is 20.8. The van der Waals surface area contributed by atoms with Gasteiger partial charge in [0.25, 0.3) is 0 Å². The Kier molecular flexibility index (Phi) is 6.49. The molecule has 0 aromatic rings. The number of hydrogen-bond donors (Lipinski definition) is 0. The van der Waals surface area contributed by atoms with Crippen molar-refractivity contribution in [3.8, 4) is 6.07 Å². The van der Waals surface area contributed by atoms with Crippen molar-refractivity contribution >= 4 is 0 Å². The maximum absolute atomic E-state index is 9.42. The van der Waals surface area contributed by atoms with Crippen molar-refractivity contribution in [2.75, 3.05) is 13.2 Å². The number of rotatable bonds is 5. The maximum atomic E-state index is 9.42. The summed E-state index contributed by atoms with van der Waals surface area (Å²) in [7, 11) is 0. The van der Waals surface area contributed by atoms with Crippen molar-refractivity contribution in [1.29, 1.82) is 5.26 Å². The van der Waals surface area contributed by atoms with E-state index in [1.165, 1.54) is 32.1 Å². The summed E-state index contributed by atoms with van der Waals surface area (Å²) in [6, 6.07) is 2.61. The van der Waals surface area contributed by atoms with Crippen LogP contribution in [0.3, 0.4) is 0 Å². The molecule has 0 saturated heterocycles. The predicted octanol–water partition coefficient (Wildman–Crippen LogP) is 4.06. The van der Waals surface area contributed by atoms with E-state index in [0.29, 0.717) is 0 Å². The van der Waals surface area contributed by atoms with Crippen LogP contribution in [0.2, 0.25) is 0 Å². The Balaban J connectivity index is 2.37. The largest absolute Gasteiger partial charge is 0.382 e. The first kappa shape index (κ1) is 13.5. The molecule has 0 aliphatic heterocycles. The summed E-state index contributed by atoms with van der Waals surface area (Å²) >= 11 is 0. The van der Waals surface area contributed by atoms with Gasteiger partial charge in [0.2, 0.25) is 0 Å². The zero-order chi connectivity index (χ0) is 11.7. The number of hydrogen-bond acceptors (Lipinski definition) is 2. The van der Waals surface area contributed by atoms with Crippen molar-refractivity contribution in [2.45, 2.75) is 64.7 Å². The van der Waals surface area contributed by atoms with Crippen LogP contribution in [0.15, 0.2) is 0 Å². The summed E-state index contributed by atoms with van der Waals surface area (Å²) < 4.78 is 5.36. The topological polar surface area (TPSA) is 33.0 Å². The number of nitriles is 1. The van der Waals surface area contributed by atoms with E-state index in [9.17, 15) is 5.26 Å². The molecule has 1 fully saturated rings. The van der Waals surface area contributed by atoms with Crippen LogP contribution in [-0.2, 0) is 4.74 Å². The molecule has 0 atom stereocenters. The molecule has 1 rings (SSSR count). The summed E-state index contributed by atoms with van der Waals surface area (Å²) in [5, 5.41) is 9.42. The van der Waals surface area contributed by atoms with Crippen molar-refractivity contribution in [1.82, 2.24) is 0 Å². The fourth-order valence-corrected chi connectivity index (χ4v) is 2.66. The van der Waals surface area contributed by atoms with Gasteiger partial charge in [-0.2, -0.15) is 5.26 Å². The van der Waals surface area contributed by atoms with Crippen LogP contribution in [0.25, 0.3) is 0 Å². The maximum Gasteiger partial charge on any atom is 0.0689 e. The molecule has 0 unspecified atom stereocenters. The van der Waals surface area contributed by atoms with Gasteiger partial charge in [0, 0.05) is 13.2 Å². The van der Waals surface area contributed by atoms with E-state index in [1.807, 2.05) is 6.92 Å². The van der Waals surface area contributed by atoms with Gasteiger partial charge in [0.1, 0.15) is 0 Å². The predicted molar refractivity (Wildman–Crippen MR) is 66.1 cm³/mol. The highest BCUT2D eigenvalue weighted by atomic mass is 16.5. The molecule has 0 heterocycles. The lowest BCUT2D eigenvalue weighted by Crippen LogP contribution is -2.20. The Bertz CT molecular complexity index is 211. The zero-order valence-electron chi connectivity index (χ0n) is 10.6. The zero-order valence-corrected chi connectivity index (χ0v) is 10.6. The monoisotopic (exact) mass is 223 g/mol. The van der Waals surface area contributed by atoms with Crippen LogP contribution in [0.1, 0.15) is 64.7 Å². The molecule has 16 heavy (non-hydrogen) atoms. The quantitative estimate of drug-likeness (QED) is 0.658. The second-order valence-corrected chi connectivity index (χ2v) is 4.96. The minimum absolute atomic E-state index is 0.0302. The van der Waals surface area contributed by atoms with Gasteiger partial charge in [-0.15, -0.1) is 0 Å². The molecular weight excluding hydrogens is 198 g/mol. The Hall–Kier alpha value is -0.550. The van der Waals surface area contributed by atoms with Gasteiger partial charge in [0.05, 0.1) is 11.5 Å². The van der Waals surface area contributed by atoms with Gasteiger partial charge >= 0.3 is 0 Å². The van der Waals surface area contributed by atoms with Gasteiger partial charge in [0.15, 0.2) is 0 Å². The van der Waals surface area contributed by atoms with Crippen LogP contribution >= 0.6 is 0 Å². The minimum Gasteiger partial charge on any atom is -0.382 e. The Morgan fingerprint density at radius 2 is 1.75 bits per heavy atom. The van der Waals surface area contributed by atoms with E-state index in [2.05, 4.69) is 6.07 Å². The van der Waals surface area contributed by atoms with Gasteiger partial charge in [-0.25, -0.2) is 0 Å². The van der Waals surface area contributed by atoms with Crippen LogP contribution in [0, 0.1) is 16.7 Å². The molecule has 1 saturated carbocycles. The van der Waals surface area contributed by atoms with Crippen LogP contribution < -0.4 is 0 Å². The third-order valence-corrected chi connectivity index (χ3v) is 3.70. The van der Waals surface area contributed by atoms with Crippen molar-refractivity contribution in [2.24, 2.45) is 5.41 Å². The lowest BCUT2D eigenvalue weighted by Gasteiger charge is -2.28. The third-order valence-electron chi connectivity index (χ3n) is 3.70. The summed E-state index contributed by atoms with van der Waals surface area (Å²) in [6.07, 6.45) is 10.8. The summed E-state index contributed by atoms with van der Waals surface area (Å²) in [5.41, 5.74) is -0.0302. The van der Waals surface area contributed by atoms with Crippen LogP contribution in [-0.4, -0.2) is 13.2 Å². The Morgan fingerprint density at radius 1 is 1.12 bits per heavy atom. The molecule has 92 valence electrons. The average molecular weight is 223 g/mol. The second kappa shape index (κ2) is 7.68. The first-order valence-corrected chi connectivity index (χ1v) is 6.82. The standard InChI is InChI=1S/C14H25NO/c1-2-16-12-8-11-14(13-15)9-6-4-3-5-7-10-14/h2-12H2,1H3. The molecule has 2 nitrogen and oxygen atoms in total. The third kappa shape index (κ3) is 4.53. The first-order valence-electron chi connectivity index (χ1n) is 6.82. The van der Waals surface area contributed by atoms with Crippen molar-refractivity contribution in [3.05, 3.63) is 0 Å². The molecule has 0 bridgehead atoms. The van der Waals surface area contributed by atoms with E-state index >= 15 is 0 Å². The van der Waals surface area contributed by atoms with E-state index < -0.39 is 0 Å². The summed E-state index contributed by atoms with van der Waals surface area (Å²) in [5.74, 6) is 0. The fraction of sp³-hybridized carbons (Fsp3) is 0.929. The van der Waals surface area contributed by atoms with E-state index in [1.54, 1.807) is 0 Å². The molecule has 1 aliphatic carbocycles. The first-order chi connectivity index (χ1) is 7.83. The van der Waals surface area contributed by atoms with Crippen LogP contribution in [0.4, 0.5) is 0 Å². The Labute approximate surface area is 100.0 Å². The summed E-state index contributed by atoms with van der Waals surface area (Å²) in [6.45, 7) is 3.63. The number of ether oxygens (including phenoxy) is 1. The van der Waals surface area contributed by atoms with Gasteiger partial charge in [-0.3, -0.25) is 0 Å². The molecule has 0 N–H and O–H groups in total. The molecule has 0 spiro atoms.